The Morgan fingerprint density at radius 1 is 1.19 bits per heavy atom. The Kier molecular flexibility index (Phi) is 4.53. The normalized spacial score (nSPS) is 37.0. The molecule has 0 spiro atoms. The zero-order valence-corrected chi connectivity index (χ0v) is 16.4. The summed E-state index contributed by atoms with van der Waals surface area (Å²) >= 11 is 0. The zero-order valence-electron chi connectivity index (χ0n) is 15.5. The summed E-state index contributed by atoms with van der Waals surface area (Å²) in [5, 5.41) is 8.57. The predicted molar refractivity (Wildman–Crippen MR) is 102 cm³/mol. The molecule has 7 heteroatoms. The molecule has 3 aliphatic rings. The Bertz CT molecular complexity index is 876. The highest BCUT2D eigenvalue weighted by atomic mass is 32.2. The molecule has 0 amide bonds. The number of methoxy groups -OCH3 is 1. The Morgan fingerprint density at radius 3 is 2.52 bits per heavy atom. The molecule has 6 nitrogen and oxygen atoms in total. The van der Waals surface area contributed by atoms with E-state index in [1.54, 1.807) is 19.1 Å². The number of aliphatic imine (C=N–C) groups is 1. The molecule has 1 aliphatic carbocycles. The molecular formula is C20H25NO5S. The average molecular weight is 391 g/mol. The minimum absolute atomic E-state index is 0.0295. The van der Waals surface area contributed by atoms with Crippen molar-refractivity contribution in [2.75, 3.05) is 7.11 Å². The van der Waals surface area contributed by atoms with Gasteiger partial charge in [-0.1, -0.05) is 25.0 Å². The van der Waals surface area contributed by atoms with Crippen LogP contribution < -0.4 is 0 Å². The van der Waals surface area contributed by atoms with Crippen molar-refractivity contribution in [2.24, 2.45) is 16.8 Å². The first kappa shape index (κ1) is 18.5. The van der Waals surface area contributed by atoms with Gasteiger partial charge in [-0.2, -0.15) is 0 Å². The number of nitrogens with zero attached hydrogens (tertiary/aromatic N) is 1. The van der Waals surface area contributed by atoms with E-state index in [1.807, 2.05) is 0 Å². The third-order valence-corrected chi connectivity index (χ3v) is 9.34. The van der Waals surface area contributed by atoms with Crippen LogP contribution in [0, 0.1) is 11.8 Å². The second-order valence-corrected chi connectivity index (χ2v) is 10.2. The van der Waals surface area contributed by atoms with Crippen LogP contribution in [0.25, 0.3) is 0 Å². The van der Waals surface area contributed by atoms with E-state index in [0.29, 0.717) is 12.1 Å². The van der Waals surface area contributed by atoms with Crippen molar-refractivity contribution in [3.8, 4) is 5.75 Å². The van der Waals surface area contributed by atoms with E-state index in [4.69, 9.17) is 9.73 Å². The summed E-state index contributed by atoms with van der Waals surface area (Å²) in [5.74, 6) is -1.60. The molecule has 146 valence electrons. The van der Waals surface area contributed by atoms with E-state index in [-0.39, 0.29) is 23.0 Å². The SMILES string of the molecule is COC(=O)C1C(C)=NC2C3CCCCC3S(=O)(=O)C2C1c1ccc(O)cc1. The highest BCUT2D eigenvalue weighted by Crippen LogP contribution is 2.52. The first-order valence-electron chi connectivity index (χ1n) is 9.50. The Labute approximate surface area is 159 Å². The first-order valence-corrected chi connectivity index (χ1v) is 11.1. The number of aromatic hydroxyl groups is 1. The summed E-state index contributed by atoms with van der Waals surface area (Å²) in [5.41, 5.74) is 1.37. The molecule has 1 N–H and O–H groups in total. The smallest absolute Gasteiger partial charge is 0.315 e. The molecule has 6 unspecified atom stereocenters. The van der Waals surface area contributed by atoms with Gasteiger partial charge in [-0.25, -0.2) is 8.42 Å². The van der Waals surface area contributed by atoms with Crippen molar-refractivity contribution in [3.63, 3.8) is 0 Å². The monoisotopic (exact) mass is 391 g/mol. The van der Waals surface area contributed by atoms with Gasteiger partial charge in [-0.15, -0.1) is 0 Å². The minimum atomic E-state index is -3.43. The second kappa shape index (κ2) is 6.62. The second-order valence-electron chi connectivity index (χ2n) is 7.92. The van der Waals surface area contributed by atoms with Crippen LogP contribution >= 0.6 is 0 Å². The number of carbonyl (C=O) groups excluding carboxylic acids is 1. The van der Waals surface area contributed by atoms with Crippen LogP contribution in [-0.4, -0.2) is 48.9 Å². The van der Waals surface area contributed by atoms with E-state index < -0.39 is 32.9 Å². The number of hydrogen-bond acceptors (Lipinski definition) is 6. The van der Waals surface area contributed by atoms with Crippen LogP contribution in [0.4, 0.5) is 0 Å². The molecule has 1 saturated carbocycles. The number of fused-ring (bicyclic) bond motifs is 3. The Balaban J connectivity index is 1.89. The Morgan fingerprint density at radius 2 is 1.85 bits per heavy atom. The summed E-state index contributed by atoms with van der Waals surface area (Å²) < 4.78 is 32.0. The van der Waals surface area contributed by atoms with Gasteiger partial charge in [-0.3, -0.25) is 9.79 Å². The van der Waals surface area contributed by atoms with Gasteiger partial charge in [0.15, 0.2) is 9.84 Å². The third kappa shape index (κ3) is 2.78. The van der Waals surface area contributed by atoms with E-state index in [9.17, 15) is 18.3 Å². The van der Waals surface area contributed by atoms with Crippen LogP contribution in [0.1, 0.15) is 44.1 Å². The molecular weight excluding hydrogens is 366 g/mol. The fraction of sp³-hybridized carbons (Fsp3) is 0.600. The van der Waals surface area contributed by atoms with E-state index in [2.05, 4.69) is 0 Å². The third-order valence-electron chi connectivity index (χ3n) is 6.58. The van der Waals surface area contributed by atoms with Gasteiger partial charge in [0.05, 0.1) is 23.7 Å². The van der Waals surface area contributed by atoms with Gasteiger partial charge in [0.25, 0.3) is 0 Å². The molecule has 0 radical (unpaired) electrons. The highest BCUT2D eigenvalue weighted by molar-refractivity contribution is 7.93. The van der Waals surface area contributed by atoms with Gasteiger partial charge < -0.3 is 9.84 Å². The van der Waals surface area contributed by atoms with Crippen molar-refractivity contribution >= 4 is 21.5 Å². The molecule has 2 aliphatic heterocycles. The molecule has 27 heavy (non-hydrogen) atoms. The lowest BCUT2D eigenvalue weighted by atomic mass is 9.72. The number of carbonyl (C=O) groups is 1. The molecule has 4 rings (SSSR count). The Hall–Kier alpha value is -1.89. The van der Waals surface area contributed by atoms with Gasteiger partial charge in [0, 0.05) is 11.6 Å². The lowest BCUT2D eigenvalue weighted by Gasteiger charge is -2.37. The fourth-order valence-electron chi connectivity index (χ4n) is 5.44. The van der Waals surface area contributed by atoms with E-state index in [1.165, 1.54) is 19.2 Å². The standard InChI is InChI=1S/C20H25NO5S/c1-11-16(20(23)26-2)17(12-7-9-13(22)10-8-12)19-18(21-11)14-5-3-4-6-15(14)27(19,24)25/h7-10,14-19,22H,3-6H2,1-2H3. The summed E-state index contributed by atoms with van der Waals surface area (Å²) in [4.78, 5) is 17.3. The number of phenolic OH excluding ortho intramolecular Hbond substituents is 1. The number of rotatable bonds is 2. The molecule has 2 fully saturated rings. The number of ether oxygens (including phenoxy) is 1. The number of benzene rings is 1. The molecule has 1 aromatic carbocycles. The van der Waals surface area contributed by atoms with E-state index >= 15 is 0 Å². The average Bonchev–Trinajstić information content (AvgIpc) is 2.88. The van der Waals surface area contributed by atoms with Crippen molar-refractivity contribution in [1.82, 2.24) is 0 Å². The van der Waals surface area contributed by atoms with Gasteiger partial charge in [0.1, 0.15) is 11.7 Å². The van der Waals surface area contributed by atoms with Gasteiger partial charge >= 0.3 is 5.97 Å². The molecule has 2 heterocycles. The topological polar surface area (TPSA) is 93.0 Å². The lowest BCUT2D eigenvalue weighted by Crippen LogP contribution is -2.47. The number of phenols is 1. The van der Waals surface area contributed by atoms with Crippen molar-refractivity contribution < 1.29 is 23.1 Å². The van der Waals surface area contributed by atoms with E-state index in [0.717, 1.165) is 24.8 Å². The van der Waals surface area contributed by atoms with Crippen molar-refractivity contribution in [3.05, 3.63) is 29.8 Å². The molecule has 0 bridgehead atoms. The summed E-state index contributed by atoms with van der Waals surface area (Å²) in [6.45, 7) is 1.80. The summed E-state index contributed by atoms with van der Waals surface area (Å²) in [6, 6.07) is 6.19. The van der Waals surface area contributed by atoms with Gasteiger partial charge in [-0.05, 0) is 43.4 Å². The molecule has 0 aromatic heterocycles. The first-order chi connectivity index (χ1) is 12.9. The lowest BCUT2D eigenvalue weighted by molar-refractivity contribution is -0.143. The predicted octanol–water partition coefficient (Wildman–Crippen LogP) is 2.46. The highest BCUT2D eigenvalue weighted by Gasteiger charge is 2.61. The number of hydrogen-bond donors (Lipinski definition) is 1. The van der Waals surface area contributed by atoms with Crippen LogP contribution in [-0.2, 0) is 19.4 Å². The quantitative estimate of drug-likeness (QED) is 0.782. The van der Waals surface area contributed by atoms with Crippen LogP contribution in [0.5, 0.6) is 5.75 Å². The fourth-order valence-corrected chi connectivity index (χ4v) is 8.50. The van der Waals surface area contributed by atoms with Crippen LogP contribution in [0.15, 0.2) is 29.3 Å². The minimum Gasteiger partial charge on any atom is -0.508 e. The van der Waals surface area contributed by atoms with Crippen LogP contribution in [0.2, 0.25) is 0 Å². The maximum absolute atomic E-state index is 13.5. The maximum atomic E-state index is 13.5. The van der Waals surface area contributed by atoms with Crippen LogP contribution in [0.3, 0.4) is 0 Å². The van der Waals surface area contributed by atoms with Gasteiger partial charge in [0.2, 0.25) is 0 Å². The molecule has 1 aromatic rings. The zero-order chi connectivity index (χ0) is 19.3. The largest absolute Gasteiger partial charge is 0.508 e. The number of esters is 1. The van der Waals surface area contributed by atoms with Crippen molar-refractivity contribution in [2.45, 2.75) is 55.1 Å². The summed E-state index contributed by atoms with van der Waals surface area (Å²) in [7, 11) is -2.11. The van der Waals surface area contributed by atoms with Crippen molar-refractivity contribution in [1.29, 1.82) is 0 Å². The summed E-state index contributed by atoms with van der Waals surface area (Å²) in [6.07, 6.45) is 3.50. The molecule has 6 atom stereocenters. The number of sulfone groups is 1. The molecule has 1 saturated heterocycles. The maximum Gasteiger partial charge on any atom is 0.315 e.